The van der Waals surface area contributed by atoms with Gasteiger partial charge in [0.2, 0.25) is 0 Å². The summed E-state index contributed by atoms with van der Waals surface area (Å²) < 4.78 is 24.1. The lowest BCUT2D eigenvalue weighted by Crippen LogP contribution is -2.40. The molecule has 3 aromatic carbocycles. The number of furan rings is 1. The Labute approximate surface area is 268 Å². The van der Waals surface area contributed by atoms with E-state index < -0.39 is 18.0 Å². The van der Waals surface area contributed by atoms with Crippen LogP contribution in [0.2, 0.25) is 0 Å². The van der Waals surface area contributed by atoms with Crippen LogP contribution in [0, 0.1) is 0 Å². The molecule has 0 aliphatic carbocycles. The predicted molar refractivity (Wildman–Crippen MR) is 174 cm³/mol. The SMILES string of the molecule is CCOC(=O)C1=C(c2ccccc2)N=c2s/c(=C\c3ccc(-c4ccc(C(=O)OCC)cc4)o3)c(=O)n2[C@H]1c1cccc(OC)c1. The lowest BCUT2D eigenvalue weighted by Gasteiger charge is -2.26. The second kappa shape index (κ2) is 13.3. The Bertz CT molecular complexity index is 2120. The quantitative estimate of drug-likeness (QED) is 0.200. The molecule has 0 fully saturated rings. The molecular weight excluding hydrogens is 604 g/mol. The topological polar surface area (TPSA) is 109 Å². The fourth-order valence-corrected chi connectivity index (χ4v) is 6.25. The van der Waals surface area contributed by atoms with Crippen molar-refractivity contribution in [2.75, 3.05) is 20.3 Å². The highest BCUT2D eigenvalue weighted by atomic mass is 32.1. The highest BCUT2D eigenvalue weighted by Crippen LogP contribution is 2.36. The van der Waals surface area contributed by atoms with Gasteiger partial charge in [0.15, 0.2) is 4.80 Å². The molecule has 0 saturated heterocycles. The monoisotopic (exact) mass is 634 g/mol. The van der Waals surface area contributed by atoms with E-state index in [1.54, 1.807) is 75.6 Å². The number of hydrogen-bond donors (Lipinski definition) is 0. The highest BCUT2D eigenvalue weighted by Gasteiger charge is 2.35. The molecule has 1 atom stereocenters. The number of ether oxygens (including phenoxy) is 3. The van der Waals surface area contributed by atoms with E-state index in [4.69, 9.17) is 23.6 Å². The van der Waals surface area contributed by atoms with Crippen molar-refractivity contribution >= 4 is 35.0 Å². The van der Waals surface area contributed by atoms with Crippen LogP contribution in [-0.4, -0.2) is 36.8 Å². The van der Waals surface area contributed by atoms with Crippen molar-refractivity contribution in [3.05, 3.63) is 139 Å². The van der Waals surface area contributed by atoms with Crippen LogP contribution in [0.15, 0.2) is 111 Å². The fraction of sp³-hybridized carbons (Fsp3) is 0.167. The standard InChI is InChI=1S/C36H30N2O7S/c1-4-43-34(40)24-16-14-22(15-17-24)28-19-18-27(45-28)21-29-33(39)38-32(25-12-9-13-26(20-25)42-3)30(35(41)44-5-2)31(37-36(38)46-29)23-10-7-6-8-11-23/h6-21,32H,4-5H2,1-3H3/b29-21-/t32-/m0/s1. The summed E-state index contributed by atoms with van der Waals surface area (Å²) in [5.41, 5.74) is 2.96. The molecule has 0 spiro atoms. The van der Waals surface area contributed by atoms with Crippen molar-refractivity contribution in [2.45, 2.75) is 19.9 Å². The molecule has 46 heavy (non-hydrogen) atoms. The molecule has 0 unspecified atom stereocenters. The second-order valence-corrected chi connectivity index (χ2v) is 11.2. The molecule has 9 nitrogen and oxygen atoms in total. The zero-order chi connectivity index (χ0) is 32.2. The molecule has 5 aromatic rings. The Morgan fingerprint density at radius 1 is 0.891 bits per heavy atom. The first-order valence-corrected chi connectivity index (χ1v) is 15.5. The molecule has 6 rings (SSSR count). The Kier molecular flexibility index (Phi) is 8.80. The predicted octanol–water partition coefficient (Wildman–Crippen LogP) is 5.38. The molecule has 0 bridgehead atoms. The minimum absolute atomic E-state index is 0.159. The largest absolute Gasteiger partial charge is 0.497 e. The van der Waals surface area contributed by atoms with Crippen molar-refractivity contribution < 1.29 is 28.2 Å². The summed E-state index contributed by atoms with van der Waals surface area (Å²) in [5, 5.41) is 0. The second-order valence-electron chi connectivity index (χ2n) is 10.2. The van der Waals surface area contributed by atoms with Crippen LogP contribution in [0.3, 0.4) is 0 Å². The normalized spacial score (nSPS) is 14.4. The van der Waals surface area contributed by atoms with Gasteiger partial charge in [-0.3, -0.25) is 9.36 Å². The van der Waals surface area contributed by atoms with Crippen LogP contribution < -0.4 is 19.6 Å². The number of rotatable bonds is 9. The number of methoxy groups -OCH3 is 1. The van der Waals surface area contributed by atoms with Gasteiger partial charge in [0.05, 0.1) is 47.7 Å². The molecule has 3 heterocycles. The summed E-state index contributed by atoms with van der Waals surface area (Å²) in [7, 11) is 1.56. The maximum Gasteiger partial charge on any atom is 0.338 e. The molecule has 1 aliphatic heterocycles. The number of nitrogens with zero attached hydrogens (tertiary/aromatic N) is 2. The van der Waals surface area contributed by atoms with Crippen molar-refractivity contribution in [2.24, 2.45) is 4.99 Å². The first kappa shape index (κ1) is 30.5. The number of aromatic nitrogens is 1. The van der Waals surface area contributed by atoms with Crippen molar-refractivity contribution in [3.63, 3.8) is 0 Å². The van der Waals surface area contributed by atoms with Gasteiger partial charge in [0, 0.05) is 17.2 Å². The molecule has 1 aliphatic rings. The van der Waals surface area contributed by atoms with Gasteiger partial charge in [-0.2, -0.15) is 0 Å². The number of carbonyl (C=O) groups is 2. The molecule has 0 N–H and O–H groups in total. The van der Waals surface area contributed by atoms with Crippen LogP contribution >= 0.6 is 11.3 Å². The lowest BCUT2D eigenvalue weighted by molar-refractivity contribution is -0.138. The molecule has 0 radical (unpaired) electrons. The van der Waals surface area contributed by atoms with Gasteiger partial charge in [-0.15, -0.1) is 0 Å². The summed E-state index contributed by atoms with van der Waals surface area (Å²) in [6.45, 7) is 3.95. The Morgan fingerprint density at radius 3 is 2.35 bits per heavy atom. The molecule has 0 amide bonds. The van der Waals surface area contributed by atoms with Crippen molar-refractivity contribution in [1.82, 2.24) is 4.57 Å². The van der Waals surface area contributed by atoms with Gasteiger partial charge >= 0.3 is 11.9 Å². The molecule has 10 heteroatoms. The fourth-order valence-electron chi connectivity index (χ4n) is 5.27. The van der Waals surface area contributed by atoms with E-state index >= 15 is 0 Å². The minimum atomic E-state index is -0.826. The van der Waals surface area contributed by atoms with Crippen molar-refractivity contribution in [3.8, 4) is 17.1 Å². The maximum atomic E-state index is 14.1. The van der Waals surface area contributed by atoms with E-state index in [2.05, 4.69) is 0 Å². The highest BCUT2D eigenvalue weighted by molar-refractivity contribution is 7.07. The van der Waals surface area contributed by atoms with Crippen LogP contribution in [-0.2, 0) is 14.3 Å². The summed E-state index contributed by atoms with van der Waals surface area (Å²) in [4.78, 5) is 45.1. The number of fused-ring (bicyclic) bond motifs is 1. The number of carbonyl (C=O) groups excluding carboxylic acids is 2. The Balaban J connectivity index is 1.48. The summed E-state index contributed by atoms with van der Waals surface area (Å²) in [6.07, 6.45) is 1.67. The van der Waals surface area contributed by atoms with Gasteiger partial charge in [-0.05, 0) is 55.8 Å². The van der Waals surface area contributed by atoms with E-state index in [1.807, 2.05) is 42.5 Å². The zero-order valence-corrected chi connectivity index (χ0v) is 26.2. The average molecular weight is 635 g/mol. The van der Waals surface area contributed by atoms with Crippen molar-refractivity contribution in [1.29, 1.82) is 0 Å². The van der Waals surface area contributed by atoms with E-state index in [0.29, 0.717) is 50.0 Å². The summed E-state index contributed by atoms with van der Waals surface area (Å²) in [6, 6.07) is 26.3. The van der Waals surface area contributed by atoms with Gasteiger partial charge < -0.3 is 18.6 Å². The van der Waals surface area contributed by atoms with E-state index in [9.17, 15) is 14.4 Å². The van der Waals surface area contributed by atoms with Crippen LogP contribution in [0.1, 0.15) is 47.1 Å². The Hall–Kier alpha value is -5.48. The van der Waals surface area contributed by atoms with Crippen LogP contribution in [0.5, 0.6) is 5.75 Å². The number of benzene rings is 3. The third-order valence-corrected chi connectivity index (χ3v) is 8.35. The number of thiazole rings is 1. The van der Waals surface area contributed by atoms with E-state index in [1.165, 1.54) is 15.9 Å². The first-order chi connectivity index (χ1) is 22.4. The molecular formula is C36H30N2O7S. The van der Waals surface area contributed by atoms with Crippen LogP contribution in [0.25, 0.3) is 23.1 Å². The van der Waals surface area contributed by atoms with Gasteiger partial charge in [0.1, 0.15) is 17.3 Å². The first-order valence-electron chi connectivity index (χ1n) is 14.7. The summed E-state index contributed by atoms with van der Waals surface area (Å²) in [5.74, 6) is 0.662. The van der Waals surface area contributed by atoms with E-state index in [0.717, 1.165) is 11.1 Å². The summed E-state index contributed by atoms with van der Waals surface area (Å²) >= 11 is 1.20. The van der Waals surface area contributed by atoms with E-state index in [-0.39, 0.29) is 17.7 Å². The third kappa shape index (κ3) is 5.94. The number of esters is 2. The molecule has 232 valence electrons. The maximum absolute atomic E-state index is 14.1. The zero-order valence-electron chi connectivity index (χ0n) is 25.4. The Morgan fingerprint density at radius 2 is 1.63 bits per heavy atom. The van der Waals surface area contributed by atoms with Gasteiger partial charge in [-0.25, -0.2) is 14.6 Å². The smallest absolute Gasteiger partial charge is 0.338 e. The minimum Gasteiger partial charge on any atom is -0.497 e. The lowest BCUT2D eigenvalue weighted by atomic mass is 9.93. The molecule has 0 saturated carbocycles. The van der Waals surface area contributed by atoms with Gasteiger partial charge in [-0.1, -0.05) is 65.9 Å². The average Bonchev–Trinajstić information content (AvgIpc) is 3.68. The van der Waals surface area contributed by atoms with Crippen LogP contribution in [0.4, 0.5) is 0 Å². The molecule has 2 aromatic heterocycles. The third-order valence-electron chi connectivity index (χ3n) is 7.36. The van der Waals surface area contributed by atoms with Gasteiger partial charge in [0.25, 0.3) is 5.56 Å². The number of hydrogen-bond acceptors (Lipinski definition) is 9.